The lowest BCUT2D eigenvalue weighted by Crippen LogP contribution is -2.21. The predicted molar refractivity (Wildman–Crippen MR) is 52.5 cm³/mol. The Morgan fingerprint density at radius 2 is 2.00 bits per heavy atom. The fourth-order valence-corrected chi connectivity index (χ4v) is 2.38. The van der Waals surface area contributed by atoms with Crippen LogP contribution in [0.5, 0.6) is 0 Å². The lowest BCUT2D eigenvalue weighted by molar-refractivity contribution is 0.565. The number of primary sulfonamides is 1. The van der Waals surface area contributed by atoms with E-state index >= 15 is 0 Å². The number of halogens is 1. The maximum atomic E-state index is 13.2. The molecular weight excluding hydrogens is 205 g/mol. The van der Waals surface area contributed by atoms with E-state index in [-0.39, 0.29) is 12.0 Å². The third-order valence-corrected chi connectivity index (χ3v) is 3.40. The van der Waals surface area contributed by atoms with Gasteiger partial charge in [-0.05, 0) is 12.5 Å². The molecule has 0 aliphatic heterocycles. The minimum Gasteiger partial charge on any atom is -0.228 e. The van der Waals surface area contributed by atoms with Crippen molar-refractivity contribution in [2.45, 2.75) is 18.6 Å². The van der Waals surface area contributed by atoms with Crippen LogP contribution >= 0.6 is 0 Å². The van der Waals surface area contributed by atoms with Crippen LogP contribution in [-0.2, 0) is 10.0 Å². The van der Waals surface area contributed by atoms with Crippen LogP contribution < -0.4 is 5.14 Å². The fraction of sp³-hybridized carbons (Fsp3) is 0.333. The minimum absolute atomic E-state index is 0.137. The summed E-state index contributed by atoms with van der Waals surface area (Å²) < 4.78 is 35.5. The minimum atomic E-state index is -3.73. The van der Waals surface area contributed by atoms with Gasteiger partial charge in [0.05, 0.1) is 0 Å². The van der Waals surface area contributed by atoms with Gasteiger partial charge in [-0.15, -0.1) is 0 Å². The Balaban J connectivity index is 3.21. The molecule has 3 nitrogen and oxygen atoms in total. The number of hydrogen-bond donors (Lipinski definition) is 1. The first-order valence-corrected chi connectivity index (χ1v) is 5.83. The van der Waals surface area contributed by atoms with Crippen LogP contribution in [0.1, 0.15) is 24.2 Å². The highest BCUT2D eigenvalue weighted by atomic mass is 32.2. The molecule has 1 aromatic carbocycles. The van der Waals surface area contributed by atoms with Crippen LogP contribution in [0.3, 0.4) is 0 Å². The maximum Gasteiger partial charge on any atom is 0.216 e. The van der Waals surface area contributed by atoms with Crippen LogP contribution in [0.2, 0.25) is 0 Å². The molecule has 0 heterocycles. The largest absolute Gasteiger partial charge is 0.228 e. The van der Waals surface area contributed by atoms with E-state index in [0.717, 1.165) is 0 Å². The number of benzene rings is 1. The van der Waals surface area contributed by atoms with Crippen molar-refractivity contribution in [2.75, 3.05) is 0 Å². The van der Waals surface area contributed by atoms with E-state index in [4.69, 9.17) is 5.14 Å². The van der Waals surface area contributed by atoms with E-state index in [1.165, 1.54) is 18.2 Å². The molecule has 0 spiro atoms. The molecule has 0 saturated carbocycles. The van der Waals surface area contributed by atoms with Crippen molar-refractivity contribution < 1.29 is 12.8 Å². The smallest absolute Gasteiger partial charge is 0.216 e. The highest BCUT2D eigenvalue weighted by Gasteiger charge is 2.23. The molecule has 0 radical (unpaired) electrons. The summed E-state index contributed by atoms with van der Waals surface area (Å²) >= 11 is 0. The van der Waals surface area contributed by atoms with Gasteiger partial charge in [-0.3, -0.25) is 0 Å². The van der Waals surface area contributed by atoms with Gasteiger partial charge in [0.15, 0.2) is 0 Å². The van der Waals surface area contributed by atoms with Crippen LogP contribution in [0.25, 0.3) is 0 Å². The summed E-state index contributed by atoms with van der Waals surface area (Å²) in [5, 5.41) is 4.04. The summed E-state index contributed by atoms with van der Waals surface area (Å²) in [6.45, 7) is 1.65. The molecule has 5 heteroatoms. The van der Waals surface area contributed by atoms with Gasteiger partial charge >= 0.3 is 0 Å². The van der Waals surface area contributed by atoms with E-state index in [9.17, 15) is 12.8 Å². The molecule has 0 fully saturated rings. The molecule has 0 aliphatic rings. The Morgan fingerprint density at radius 3 is 2.43 bits per heavy atom. The summed E-state index contributed by atoms with van der Waals surface area (Å²) in [6, 6.07) is 5.76. The molecule has 2 N–H and O–H groups in total. The second-order valence-corrected chi connectivity index (χ2v) is 4.75. The lowest BCUT2D eigenvalue weighted by Gasteiger charge is -2.13. The van der Waals surface area contributed by atoms with Crippen LogP contribution in [-0.4, -0.2) is 8.42 Å². The van der Waals surface area contributed by atoms with E-state index in [1.54, 1.807) is 13.0 Å². The third-order valence-electron chi connectivity index (χ3n) is 2.02. The second kappa shape index (κ2) is 4.06. The lowest BCUT2D eigenvalue weighted by atomic mass is 10.1. The molecule has 1 unspecified atom stereocenters. The summed E-state index contributed by atoms with van der Waals surface area (Å²) in [7, 11) is -3.73. The second-order valence-electron chi connectivity index (χ2n) is 3.01. The zero-order valence-electron chi connectivity index (χ0n) is 7.77. The summed E-state index contributed by atoms with van der Waals surface area (Å²) in [5.41, 5.74) is 0.137. The highest BCUT2D eigenvalue weighted by molar-refractivity contribution is 7.89. The molecule has 0 saturated heterocycles. The van der Waals surface area contributed by atoms with Gasteiger partial charge in [0.2, 0.25) is 10.0 Å². The summed E-state index contributed by atoms with van der Waals surface area (Å²) in [6.07, 6.45) is 0.264. The number of hydrogen-bond acceptors (Lipinski definition) is 2. The SMILES string of the molecule is CCC(c1ccccc1F)S(N)(=O)=O. The number of rotatable bonds is 3. The average molecular weight is 217 g/mol. The molecule has 1 rings (SSSR count). The quantitative estimate of drug-likeness (QED) is 0.835. The van der Waals surface area contributed by atoms with Gasteiger partial charge in [0, 0.05) is 5.56 Å². The van der Waals surface area contributed by atoms with E-state index in [1.807, 2.05) is 0 Å². The Labute approximate surface area is 82.8 Å². The Morgan fingerprint density at radius 1 is 1.43 bits per heavy atom. The average Bonchev–Trinajstić information content (AvgIpc) is 2.07. The Kier molecular flexibility index (Phi) is 3.23. The molecule has 1 atom stereocenters. The first-order valence-electron chi connectivity index (χ1n) is 4.23. The molecule has 0 aliphatic carbocycles. The van der Waals surface area contributed by atoms with E-state index < -0.39 is 21.1 Å². The fourth-order valence-electron chi connectivity index (χ4n) is 1.37. The summed E-state index contributed by atoms with van der Waals surface area (Å²) in [4.78, 5) is 0. The van der Waals surface area contributed by atoms with Crippen LogP contribution in [0.4, 0.5) is 4.39 Å². The van der Waals surface area contributed by atoms with E-state index in [2.05, 4.69) is 0 Å². The zero-order chi connectivity index (χ0) is 10.8. The highest BCUT2D eigenvalue weighted by Crippen LogP contribution is 2.25. The predicted octanol–water partition coefficient (Wildman–Crippen LogP) is 1.57. The van der Waals surface area contributed by atoms with Gasteiger partial charge in [-0.1, -0.05) is 25.1 Å². The molecule has 0 bridgehead atoms. The number of sulfonamides is 1. The molecule has 1 aromatic rings. The van der Waals surface area contributed by atoms with Crippen LogP contribution in [0.15, 0.2) is 24.3 Å². The van der Waals surface area contributed by atoms with Crippen molar-refractivity contribution in [3.8, 4) is 0 Å². The number of nitrogens with two attached hydrogens (primary N) is 1. The van der Waals surface area contributed by atoms with Crippen molar-refractivity contribution in [3.63, 3.8) is 0 Å². The van der Waals surface area contributed by atoms with Crippen molar-refractivity contribution in [1.29, 1.82) is 0 Å². The van der Waals surface area contributed by atoms with Crippen molar-refractivity contribution >= 4 is 10.0 Å². The maximum absolute atomic E-state index is 13.2. The molecule has 0 amide bonds. The van der Waals surface area contributed by atoms with Gasteiger partial charge in [-0.25, -0.2) is 17.9 Å². The van der Waals surface area contributed by atoms with Gasteiger partial charge < -0.3 is 0 Å². The van der Waals surface area contributed by atoms with Gasteiger partial charge in [-0.2, -0.15) is 0 Å². The first kappa shape index (κ1) is 11.1. The Bertz CT molecular complexity index is 417. The third kappa shape index (κ3) is 2.30. The first-order chi connectivity index (χ1) is 6.46. The van der Waals surface area contributed by atoms with Crippen molar-refractivity contribution in [2.24, 2.45) is 5.14 Å². The summed E-state index contributed by atoms with van der Waals surface area (Å²) in [5.74, 6) is -0.534. The monoisotopic (exact) mass is 217 g/mol. The van der Waals surface area contributed by atoms with Gasteiger partial charge in [0.1, 0.15) is 11.1 Å². The van der Waals surface area contributed by atoms with Crippen LogP contribution in [0, 0.1) is 5.82 Å². The molecule has 78 valence electrons. The molecule has 14 heavy (non-hydrogen) atoms. The molecule has 0 aromatic heterocycles. The van der Waals surface area contributed by atoms with Gasteiger partial charge in [0.25, 0.3) is 0 Å². The normalized spacial score (nSPS) is 13.9. The Hall–Kier alpha value is -0.940. The standard InChI is InChI=1S/C9H12FNO2S/c1-2-9(14(11,12)13)7-5-3-4-6-8(7)10/h3-6,9H,2H2,1H3,(H2,11,12,13). The van der Waals surface area contributed by atoms with Crippen molar-refractivity contribution in [3.05, 3.63) is 35.6 Å². The zero-order valence-corrected chi connectivity index (χ0v) is 8.59. The molecular formula is C9H12FNO2S. The van der Waals surface area contributed by atoms with E-state index in [0.29, 0.717) is 0 Å². The van der Waals surface area contributed by atoms with Crippen molar-refractivity contribution in [1.82, 2.24) is 0 Å². The topological polar surface area (TPSA) is 60.2 Å².